The second-order valence-corrected chi connectivity index (χ2v) is 15.2. The quantitative estimate of drug-likeness (QED) is 0.261. The number of benzene rings is 1. The number of allylic oxidation sites excluding steroid dienone is 2. The number of rotatable bonds is 13. The van der Waals surface area contributed by atoms with Gasteiger partial charge in [-0.25, -0.2) is 0 Å². The number of hydrogen-bond acceptors (Lipinski definition) is 0. The van der Waals surface area contributed by atoms with Crippen LogP contribution in [-0.4, -0.2) is 0 Å². The minimum Gasteiger partial charge on any atom is -0.103 e. The third-order valence-corrected chi connectivity index (χ3v) is 7.41. The molecule has 0 atom stereocenters. The van der Waals surface area contributed by atoms with E-state index in [9.17, 15) is 0 Å². The molecule has 0 saturated heterocycles. The fraction of sp³-hybridized carbons (Fsp3) is 0.697. The summed E-state index contributed by atoms with van der Waals surface area (Å²) in [6.07, 6.45) is 9.93. The van der Waals surface area contributed by atoms with E-state index in [1.54, 1.807) is 0 Å². The fourth-order valence-corrected chi connectivity index (χ4v) is 7.15. The first kappa shape index (κ1) is 29.7. The van der Waals surface area contributed by atoms with Crippen molar-refractivity contribution in [2.45, 2.75) is 126 Å². The minimum atomic E-state index is 0.119. The molecular formula is C33H56. The van der Waals surface area contributed by atoms with E-state index in [-0.39, 0.29) is 32.5 Å². The molecular weight excluding hydrogens is 396 g/mol. The molecule has 1 aromatic rings. The molecule has 0 saturated carbocycles. The van der Waals surface area contributed by atoms with Crippen molar-refractivity contribution in [3.05, 3.63) is 60.7 Å². The summed E-state index contributed by atoms with van der Waals surface area (Å²) in [4.78, 5) is 0. The standard InChI is InChI=1S/C33H56/c1-15-20-29(5,6)23-31(9,10)25-33(13,14)27-19-17-18-26(21-27)32(11,12)24-30(7,8)22-28(3,4)16-2/h15-19,21H,1-2,20,22-25H2,3-14H3. The summed E-state index contributed by atoms with van der Waals surface area (Å²) in [6.45, 7) is 36.8. The maximum Gasteiger partial charge on any atom is -0.00984 e. The van der Waals surface area contributed by atoms with Crippen molar-refractivity contribution in [2.75, 3.05) is 0 Å². The molecule has 0 aliphatic carbocycles. The van der Waals surface area contributed by atoms with Gasteiger partial charge in [-0.05, 0) is 75.7 Å². The van der Waals surface area contributed by atoms with Crippen LogP contribution in [0.15, 0.2) is 49.6 Å². The molecule has 1 rings (SSSR count). The molecule has 0 aliphatic rings. The highest BCUT2D eigenvalue weighted by atomic mass is 14.4. The van der Waals surface area contributed by atoms with Crippen molar-refractivity contribution in [2.24, 2.45) is 21.7 Å². The van der Waals surface area contributed by atoms with Gasteiger partial charge in [0.05, 0.1) is 0 Å². The van der Waals surface area contributed by atoms with Crippen molar-refractivity contribution < 1.29 is 0 Å². The molecule has 0 bridgehead atoms. The van der Waals surface area contributed by atoms with Crippen LogP contribution in [0.3, 0.4) is 0 Å². The average Bonchev–Trinajstić information content (AvgIpc) is 2.57. The molecule has 0 fully saturated rings. The van der Waals surface area contributed by atoms with Crippen LogP contribution in [0.25, 0.3) is 0 Å². The minimum absolute atomic E-state index is 0.119. The zero-order valence-electron chi connectivity index (χ0n) is 24.4. The monoisotopic (exact) mass is 452 g/mol. The molecule has 33 heavy (non-hydrogen) atoms. The van der Waals surface area contributed by atoms with E-state index in [0.717, 1.165) is 19.3 Å². The Kier molecular flexibility index (Phi) is 9.13. The molecule has 0 aliphatic heterocycles. The normalized spacial score (nSPS) is 14.3. The molecule has 0 heteroatoms. The predicted molar refractivity (Wildman–Crippen MR) is 151 cm³/mol. The van der Waals surface area contributed by atoms with Gasteiger partial charge in [-0.3, -0.25) is 0 Å². The molecule has 0 aromatic heterocycles. The third-order valence-electron chi connectivity index (χ3n) is 7.41. The van der Waals surface area contributed by atoms with Crippen molar-refractivity contribution in [3.8, 4) is 0 Å². The summed E-state index contributed by atoms with van der Waals surface area (Å²) in [7, 11) is 0. The van der Waals surface area contributed by atoms with E-state index in [2.05, 4.69) is 133 Å². The van der Waals surface area contributed by atoms with Crippen LogP contribution in [0.4, 0.5) is 0 Å². The lowest BCUT2D eigenvalue weighted by Gasteiger charge is -2.41. The molecule has 1 aromatic carbocycles. The van der Waals surface area contributed by atoms with E-state index in [0.29, 0.717) is 0 Å². The number of hydrogen-bond donors (Lipinski definition) is 0. The smallest absolute Gasteiger partial charge is 0.00984 e. The van der Waals surface area contributed by atoms with Crippen LogP contribution in [0, 0.1) is 21.7 Å². The lowest BCUT2D eigenvalue weighted by molar-refractivity contribution is 0.155. The van der Waals surface area contributed by atoms with Gasteiger partial charge in [-0.1, -0.05) is 120 Å². The van der Waals surface area contributed by atoms with Gasteiger partial charge in [0, 0.05) is 0 Å². The Morgan fingerprint density at radius 3 is 1.42 bits per heavy atom. The highest BCUT2D eigenvalue weighted by molar-refractivity contribution is 5.34. The van der Waals surface area contributed by atoms with Crippen molar-refractivity contribution >= 4 is 0 Å². The highest BCUT2D eigenvalue weighted by Crippen LogP contribution is 2.47. The summed E-state index contributed by atoms with van der Waals surface area (Å²) < 4.78 is 0. The van der Waals surface area contributed by atoms with Crippen LogP contribution in [0.5, 0.6) is 0 Å². The molecule has 0 heterocycles. The highest BCUT2D eigenvalue weighted by Gasteiger charge is 2.36. The van der Waals surface area contributed by atoms with Gasteiger partial charge < -0.3 is 0 Å². The fourth-order valence-electron chi connectivity index (χ4n) is 7.15. The Morgan fingerprint density at radius 1 is 0.606 bits per heavy atom. The summed E-state index contributed by atoms with van der Waals surface area (Å²) in [5.41, 5.74) is 4.12. The summed E-state index contributed by atoms with van der Waals surface area (Å²) in [6, 6.07) is 9.46. The maximum atomic E-state index is 4.07. The van der Waals surface area contributed by atoms with Gasteiger partial charge in [-0.15, -0.1) is 13.2 Å². The summed E-state index contributed by atoms with van der Waals surface area (Å²) in [5.74, 6) is 0. The molecule has 0 unspecified atom stereocenters. The van der Waals surface area contributed by atoms with Gasteiger partial charge in [0.25, 0.3) is 0 Å². The average molecular weight is 453 g/mol. The molecule has 0 radical (unpaired) electrons. The maximum absolute atomic E-state index is 4.07. The van der Waals surface area contributed by atoms with Gasteiger partial charge in [-0.2, -0.15) is 0 Å². The van der Waals surface area contributed by atoms with E-state index in [1.165, 1.54) is 24.0 Å². The van der Waals surface area contributed by atoms with Gasteiger partial charge >= 0.3 is 0 Å². The first-order valence-electron chi connectivity index (χ1n) is 13.0. The Hall–Kier alpha value is -1.30. The van der Waals surface area contributed by atoms with Crippen LogP contribution < -0.4 is 0 Å². The lowest BCUT2D eigenvalue weighted by Crippen LogP contribution is -2.32. The topological polar surface area (TPSA) is 0 Å². The second-order valence-electron chi connectivity index (χ2n) is 15.2. The third kappa shape index (κ3) is 9.46. The molecule has 188 valence electrons. The molecule has 0 N–H and O–H groups in total. The van der Waals surface area contributed by atoms with E-state index >= 15 is 0 Å². The second kappa shape index (κ2) is 10.1. The largest absolute Gasteiger partial charge is 0.103 e. The zero-order valence-corrected chi connectivity index (χ0v) is 24.4. The van der Waals surface area contributed by atoms with Crippen molar-refractivity contribution in [1.82, 2.24) is 0 Å². The Bertz CT molecular complexity index is 795. The first-order chi connectivity index (χ1) is 14.7. The SMILES string of the molecule is C=CCC(C)(C)CC(C)(C)CC(C)(C)c1cccc(C(C)(C)CC(C)(C)CC(C)(C)C=C)c1. The van der Waals surface area contributed by atoms with Gasteiger partial charge in [0.1, 0.15) is 0 Å². The predicted octanol–water partition coefficient (Wildman–Crippen LogP) is 10.7. The van der Waals surface area contributed by atoms with Crippen LogP contribution >= 0.6 is 0 Å². The first-order valence-corrected chi connectivity index (χ1v) is 13.0. The van der Waals surface area contributed by atoms with Crippen molar-refractivity contribution in [1.29, 1.82) is 0 Å². The van der Waals surface area contributed by atoms with Crippen molar-refractivity contribution in [3.63, 3.8) is 0 Å². The summed E-state index contributed by atoms with van der Waals surface area (Å²) in [5, 5.41) is 0. The Labute approximate surface area is 208 Å². The molecule has 0 nitrogen and oxygen atoms in total. The lowest BCUT2D eigenvalue weighted by atomic mass is 9.63. The van der Waals surface area contributed by atoms with E-state index in [4.69, 9.17) is 0 Å². The van der Waals surface area contributed by atoms with Crippen LogP contribution in [-0.2, 0) is 10.8 Å². The van der Waals surface area contributed by atoms with Gasteiger partial charge in [0.2, 0.25) is 0 Å². The van der Waals surface area contributed by atoms with E-state index < -0.39 is 0 Å². The molecule has 0 amide bonds. The van der Waals surface area contributed by atoms with Crippen LogP contribution in [0.1, 0.15) is 126 Å². The van der Waals surface area contributed by atoms with Gasteiger partial charge in [0.15, 0.2) is 0 Å². The Morgan fingerprint density at radius 2 is 1.03 bits per heavy atom. The Balaban J connectivity index is 3.14. The molecule has 0 spiro atoms. The van der Waals surface area contributed by atoms with Crippen LogP contribution in [0.2, 0.25) is 0 Å². The van der Waals surface area contributed by atoms with E-state index in [1.807, 2.05) is 0 Å². The zero-order chi connectivity index (χ0) is 25.9. The summed E-state index contributed by atoms with van der Waals surface area (Å²) >= 11 is 0.